The van der Waals surface area contributed by atoms with Crippen LogP contribution in [0.15, 0.2) is 12.2 Å². The van der Waals surface area contributed by atoms with Crippen LogP contribution in [0.1, 0.15) is 72.1 Å². The fraction of sp³-hybridized carbons (Fsp3) is 0.833. The highest BCUT2D eigenvalue weighted by atomic mass is 16.6. The third-order valence-corrected chi connectivity index (χ3v) is 5.68. The van der Waals surface area contributed by atoms with Crippen LogP contribution in [0.3, 0.4) is 0 Å². The first-order chi connectivity index (χ1) is 9.48. The molecule has 0 saturated heterocycles. The number of carbonyl (C=O) groups is 1. The summed E-state index contributed by atoms with van der Waals surface area (Å²) in [6.07, 6.45) is 9.99. The van der Waals surface area contributed by atoms with Crippen LogP contribution >= 0.6 is 0 Å². The molecular weight excluding hydrogens is 248 g/mol. The normalized spacial score (nSPS) is 35.5. The Balaban J connectivity index is 2.29. The molecule has 2 aliphatic carbocycles. The summed E-state index contributed by atoms with van der Waals surface area (Å²) >= 11 is 0. The van der Waals surface area contributed by atoms with E-state index in [9.17, 15) is 4.79 Å². The Morgan fingerprint density at radius 1 is 1.00 bits per heavy atom. The summed E-state index contributed by atoms with van der Waals surface area (Å²) < 4.78 is 6.17. The third kappa shape index (κ3) is 2.80. The van der Waals surface area contributed by atoms with E-state index >= 15 is 0 Å². The first kappa shape index (κ1) is 15.6. The summed E-state index contributed by atoms with van der Waals surface area (Å²) in [5.41, 5.74) is 0.291. The van der Waals surface area contributed by atoms with Gasteiger partial charge in [0, 0.05) is 5.57 Å². The van der Waals surface area contributed by atoms with E-state index in [4.69, 9.17) is 4.74 Å². The number of ether oxygens (including phenoxy) is 1. The van der Waals surface area contributed by atoms with Crippen LogP contribution in [0, 0.1) is 17.8 Å². The van der Waals surface area contributed by atoms with E-state index < -0.39 is 0 Å². The van der Waals surface area contributed by atoms with Crippen LogP contribution in [0.25, 0.3) is 0 Å². The maximum Gasteiger partial charge on any atom is 0.333 e. The molecule has 2 rings (SSSR count). The molecule has 2 saturated carbocycles. The second-order valence-electron chi connectivity index (χ2n) is 7.09. The Bertz CT molecular complexity index is 356. The standard InChI is InChI=1S/C18H30O2/c1-13(2)17(19)20-18(16-11-6-5-7-12-16)14(3)9-8-10-15(18)4/h14-16H,1,5-12H2,2-4H3. The van der Waals surface area contributed by atoms with E-state index in [2.05, 4.69) is 20.4 Å². The van der Waals surface area contributed by atoms with Crippen molar-refractivity contribution in [1.82, 2.24) is 0 Å². The van der Waals surface area contributed by atoms with Crippen LogP contribution < -0.4 is 0 Å². The van der Waals surface area contributed by atoms with E-state index in [1.54, 1.807) is 6.92 Å². The van der Waals surface area contributed by atoms with Gasteiger partial charge >= 0.3 is 5.97 Å². The molecule has 20 heavy (non-hydrogen) atoms. The van der Waals surface area contributed by atoms with Crippen LogP contribution in [-0.4, -0.2) is 11.6 Å². The molecule has 2 unspecified atom stereocenters. The minimum Gasteiger partial charge on any atom is -0.455 e. The van der Waals surface area contributed by atoms with Crippen molar-refractivity contribution in [3.8, 4) is 0 Å². The molecule has 0 aliphatic heterocycles. The van der Waals surface area contributed by atoms with Gasteiger partial charge in [0.15, 0.2) is 0 Å². The molecule has 0 spiro atoms. The molecule has 0 aromatic carbocycles. The highest BCUT2D eigenvalue weighted by Gasteiger charge is 2.52. The van der Waals surface area contributed by atoms with Crippen molar-refractivity contribution in [1.29, 1.82) is 0 Å². The lowest BCUT2D eigenvalue weighted by molar-refractivity contribution is -0.191. The molecule has 0 aromatic heterocycles. The van der Waals surface area contributed by atoms with E-state index in [0.29, 0.717) is 23.3 Å². The van der Waals surface area contributed by atoms with Gasteiger partial charge in [0.1, 0.15) is 5.60 Å². The SMILES string of the molecule is C=C(C)C(=O)OC1(C2CCCCC2)C(C)CCCC1C. The van der Waals surface area contributed by atoms with Gasteiger partial charge < -0.3 is 4.74 Å². The van der Waals surface area contributed by atoms with Crippen molar-refractivity contribution in [2.24, 2.45) is 17.8 Å². The van der Waals surface area contributed by atoms with Crippen LogP contribution in [0.4, 0.5) is 0 Å². The average Bonchev–Trinajstić information content (AvgIpc) is 2.43. The van der Waals surface area contributed by atoms with Gasteiger partial charge in [-0.05, 0) is 50.4 Å². The number of carbonyl (C=O) groups excluding carboxylic acids is 1. The molecule has 0 radical (unpaired) electrons. The average molecular weight is 278 g/mol. The Morgan fingerprint density at radius 3 is 2.05 bits per heavy atom. The lowest BCUT2D eigenvalue weighted by atomic mass is 9.60. The lowest BCUT2D eigenvalue weighted by Crippen LogP contribution is -2.55. The van der Waals surface area contributed by atoms with Crippen LogP contribution in [0.5, 0.6) is 0 Å². The van der Waals surface area contributed by atoms with Crippen molar-refractivity contribution in [2.75, 3.05) is 0 Å². The molecule has 2 heteroatoms. The quantitative estimate of drug-likeness (QED) is 0.543. The molecule has 114 valence electrons. The van der Waals surface area contributed by atoms with Gasteiger partial charge in [0.05, 0.1) is 0 Å². The van der Waals surface area contributed by atoms with E-state index in [0.717, 1.165) is 0 Å². The van der Waals surface area contributed by atoms with Gasteiger partial charge in [-0.3, -0.25) is 0 Å². The maximum atomic E-state index is 12.2. The number of hydrogen-bond donors (Lipinski definition) is 0. The summed E-state index contributed by atoms with van der Waals surface area (Å²) in [6, 6.07) is 0. The van der Waals surface area contributed by atoms with Gasteiger partial charge in [-0.2, -0.15) is 0 Å². The molecule has 2 atom stereocenters. The number of rotatable bonds is 3. The topological polar surface area (TPSA) is 26.3 Å². The largest absolute Gasteiger partial charge is 0.455 e. The van der Waals surface area contributed by atoms with Crippen molar-refractivity contribution in [3.63, 3.8) is 0 Å². The summed E-state index contributed by atoms with van der Waals surface area (Å²) in [4.78, 5) is 12.2. The Kier molecular flexibility index (Phi) is 4.93. The molecule has 0 bridgehead atoms. The number of esters is 1. The lowest BCUT2D eigenvalue weighted by Gasteiger charge is -2.52. The second-order valence-corrected chi connectivity index (χ2v) is 7.09. The first-order valence-electron chi connectivity index (χ1n) is 8.37. The Labute approximate surface area is 124 Å². The maximum absolute atomic E-state index is 12.2. The zero-order valence-electron chi connectivity index (χ0n) is 13.4. The highest BCUT2D eigenvalue weighted by molar-refractivity contribution is 5.87. The van der Waals surface area contributed by atoms with E-state index in [-0.39, 0.29) is 11.6 Å². The Morgan fingerprint density at radius 2 is 1.55 bits per heavy atom. The van der Waals surface area contributed by atoms with Gasteiger partial charge in [-0.1, -0.05) is 46.1 Å². The fourth-order valence-corrected chi connectivity index (χ4v) is 4.56. The van der Waals surface area contributed by atoms with E-state index in [1.807, 2.05) is 0 Å². The first-order valence-corrected chi connectivity index (χ1v) is 8.37. The smallest absolute Gasteiger partial charge is 0.333 e. The molecule has 0 aromatic rings. The minimum absolute atomic E-state index is 0.184. The summed E-state index contributed by atoms with van der Waals surface area (Å²) in [5, 5.41) is 0. The van der Waals surface area contributed by atoms with Crippen molar-refractivity contribution in [2.45, 2.75) is 77.7 Å². The van der Waals surface area contributed by atoms with Gasteiger partial charge in [0.2, 0.25) is 0 Å². The molecule has 2 nitrogen and oxygen atoms in total. The number of hydrogen-bond acceptors (Lipinski definition) is 2. The predicted molar refractivity (Wildman–Crippen MR) is 82.4 cm³/mol. The van der Waals surface area contributed by atoms with Gasteiger partial charge in [0.25, 0.3) is 0 Å². The Hall–Kier alpha value is -0.790. The second kappa shape index (κ2) is 6.32. The third-order valence-electron chi connectivity index (χ3n) is 5.68. The van der Waals surface area contributed by atoms with Gasteiger partial charge in [-0.15, -0.1) is 0 Å². The van der Waals surface area contributed by atoms with Crippen LogP contribution in [0.2, 0.25) is 0 Å². The molecule has 0 heterocycles. The van der Waals surface area contributed by atoms with Gasteiger partial charge in [-0.25, -0.2) is 4.79 Å². The molecule has 2 aliphatic rings. The summed E-state index contributed by atoms with van der Waals surface area (Å²) in [5.74, 6) is 1.30. The summed E-state index contributed by atoms with van der Waals surface area (Å²) in [7, 11) is 0. The molecule has 0 N–H and O–H groups in total. The minimum atomic E-state index is -0.241. The zero-order valence-corrected chi connectivity index (χ0v) is 13.4. The summed E-state index contributed by atoms with van der Waals surface area (Å²) in [6.45, 7) is 10.1. The highest BCUT2D eigenvalue weighted by Crippen LogP contribution is 2.50. The fourth-order valence-electron chi connectivity index (χ4n) is 4.56. The van der Waals surface area contributed by atoms with Crippen molar-refractivity contribution in [3.05, 3.63) is 12.2 Å². The van der Waals surface area contributed by atoms with Crippen molar-refractivity contribution >= 4 is 5.97 Å². The van der Waals surface area contributed by atoms with E-state index in [1.165, 1.54) is 51.4 Å². The van der Waals surface area contributed by atoms with Crippen LogP contribution in [-0.2, 0) is 9.53 Å². The molecule has 0 amide bonds. The molecule has 2 fully saturated rings. The van der Waals surface area contributed by atoms with Crippen molar-refractivity contribution < 1.29 is 9.53 Å². The predicted octanol–water partition coefficient (Wildman–Crippen LogP) is 4.88. The zero-order chi connectivity index (χ0) is 14.8. The molecular formula is C18H30O2. The monoisotopic (exact) mass is 278 g/mol.